The minimum Gasteiger partial charge on any atom is -0.480 e. The molecule has 0 aliphatic rings. The highest BCUT2D eigenvalue weighted by molar-refractivity contribution is 5.80. The van der Waals surface area contributed by atoms with E-state index in [4.69, 9.17) is 4.74 Å². The Morgan fingerprint density at radius 3 is 2.41 bits per heavy atom. The Morgan fingerprint density at radius 1 is 1.09 bits per heavy atom. The lowest BCUT2D eigenvalue weighted by Crippen LogP contribution is -2.42. The van der Waals surface area contributed by atoms with Gasteiger partial charge < -0.3 is 20.3 Å². The number of benzene rings is 2. The van der Waals surface area contributed by atoms with Crippen molar-refractivity contribution in [3.05, 3.63) is 87.8 Å². The predicted octanol–water partition coefficient (Wildman–Crippen LogP) is 1.86. The second-order valence-corrected chi connectivity index (χ2v) is 7.13. The van der Waals surface area contributed by atoms with Crippen molar-refractivity contribution in [3.63, 3.8) is 0 Å². The maximum atomic E-state index is 12.4. The molecule has 0 saturated heterocycles. The molecule has 0 aliphatic heterocycles. The summed E-state index contributed by atoms with van der Waals surface area (Å²) in [4.78, 5) is 36.1. The van der Waals surface area contributed by atoms with Crippen molar-refractivity contribution < 1.29 is 24.5 Å². The number of hydrogen-bond donors (Lipinski definition) is 3. The molecule has 0 fully saturated rings. The number of aryl methyl sites for hydroxylation is 1. The topological polar surface area (TPSA) is 131 Å². The highest BCUT2D eigenvalue weighted by atomic mass is 16.5. The van der Waals surface area contributed by atoms with Crippen LogP contribution in [0.25, 0.3) is 11.1 Å². The van der Waals surface area contributed by atoms with Gasteiger partial charge in [-0.3, -0.25) is 4.79 Å². The first-order valence-corrected chi connectivity index (χ1v) is 9.84. The van der Waals surface area contributed by atoms with E-state index >= 15 is 0 Å². The maximum absolute atomic E-state index is 12.4. The van der Waals surface area contributed by atoms with E-state index in [-0.39, 0.29) is 25.2 Å². The normalized spacial score (nSPS) is 11.6. The van der Waals surface area contributed by atoms with Crippen LogP contribution in [0.1, 0.15) is 16.7 Å². The monoisotopic (exact) mass is 437 g/mol. The predicted molar refractivity (Wildman–Crippen MR) is 116 cm³/mol. The van der Waals surface area contributed by atoms with Gasteiger partial charge in [-0.25, -0.2) is 14.3 Å². The van der Waals surface area contributed by atoms with Crippen LogP contribution in [-0.4, -0.2) is 38.1 Å². The number of amides is 1. The van der Waals surface area contributed by atoms with Gasteiger partial charge in [0.1, 0.15) is 12.6 Å². The summed E-state index contributed by atoms with van der Waals surface area (Å²) in [5.74, 6) is -1.20. The molecular weight excluding hydrogens is 414 g/mol. The van der Waals surface area contributed by atoms with Crippen molar-refractivity contribution in [2.24, 2.45) is 7.05 Å². The van der Waals surface area contributed by atoms with Gasteiger partial charge in [0, 0.05) is 19.0 Å². The average Bonchev–Trinajstić information content (AvgIpc) is 2.80. The molecule has 0 unspecified atom stereocenters. The van der Waals surface area contributed by atoms with Crippen LogP contribution in [0.5, 0.6) is 0 Å². The number of hydrogen-bond acceptors (Lipinski definition) is 6. The summed E-state index contributed by atoms with van der Waals surface area (Å²) < 4.78 is 6.27. The molecule has 0 radical (unpaired) electrons. The molecule has 1 atom stereocenters. The van der Waals surface area contributed by atoms with Gasteiger partial charge in [0.05, 0.1) is 18.4 Å². The number of carboxylic acid groups (broad SMARTS) is 1. The molecule has 0 aliphatic carbocycles. The van der Waals surface area contributed by atoms with Crippen molar-refractivity contribution in [2.45, 2.75) is 25.7 Å². The molecule has 0 bridgehead atoms. The molecule has 3 N–H and O–H groups in total. The van der Waals surface area contributed by atoms with Crippen molar-refractivity contribution in [3.8, 4) is 11.1 Å². The van der Waals surface area contributed by atoms with Gasteiger partial charge in [0.25, 0.3) is 5.56 Å². The van der Waals surface area contributed by atoms with Gasteiger partial charge >= 0.3 is 12.1 Å². The Labute approximate surface area is 183 Å². The van der Waals surface area contributed by atoms with Gasteiger partial charge in [0.2, 0.25) is 0 Å². The van der Waals surface area contributed by atoms with Crippen LogP contribution in [-0.2, 0) is 36.2 Å². The number of carbonyl (C=O) groups excluding carboxylic acids is 1. The Morgan fingerprint density at radius 2 is 1.78 bits per heavy atom. The molecule has 3 rings (SSSR count). The highest BCUT2D eigenvalue weighted by Gasteiger charge is 2.21. The van der Waals surface area contributed by atoms with Crippen LogP contribution in [0.15, 0.2) is 65.6 Å². The van der Waals surface area contributed by atoms with Crippen LogP contribution in [0.3, 0.4) is 0 Å². The van der Waals surface area contributed by atoms with Gasteiger partial charge in [0.15, 0.2) is 0 Å². The number of aromatic nitrogens is 2. The molecule has 0 saturated carbocycles. The lowest BCUT2D eigenvalue weighted by atomic mass is 9.99. The Bertz CT molecular complexity index is 1140. The van der Waals surface area contributed by atoms with Gasteiger partial charge in [-0.2, -0.15) is 5.10 Å². The van der Waals surface area contributed by atoms with Crippen molar-refractivity contribution in [1.82, 2.24) is 15.1 Å². The number of nitrogens with one attached hydrogen (secondary N) is 1. The number of ether oxygens (including phenoxy) is 1. The summed E-state index contributed by atoms with van der Waals surface area (Å²) in [7, 11) is 1.52. The average molecular weight is 437 g/mol. The van der Waals surface area contributed by atoms with E-state index in [1.54, 1.807) is 36.4 Å². The van der Waals surface area contributed by atoms with E-state index in [1.807, 2.05) is 18.2 Å². The number of aliphatic carboxylic acids is 1. The van der Waals surface area contributed by atoms with Crippen molar-refractivity contribution >= 4 is 12.1 Å². The first kappa shape index (κ1) is 22.7. The summed E-state index contributed by atoms with van der Waals surface area (Å²) >= 11 is 0. The second-order valence-electron chi connectivity index (χ2n) is 7.13. The molecule has 9 nitrogen and oxygen atoms in total. The zero-order chi connectivity index (χ0) is 23.1. The van der Waals surface area contributed by atoms with E-state index in [1.165, 1.54) is 17.9 Å². The standard InChI is InChI=1S/C23H23N3O6/c1-26-21(28)20(18(13-27)12-24-26)17-9-7-15(8-10-17)11-19(22(29)30)25-23(31)32-14-16-5-3-2-4-6-16/h2-10,12,19,27H,11,13-14H2,1H3,(H,25,31)(H,29,30)/t19-/m0/s1. The van der Waals surface area contributed by atoms with Crippen LogP contribution in [0.2, 0.25) is 0 Å². The summed E-state index contributed by atoms with van der Waals surface area (Å²) in [5, 5.41) is 25.3. The Kier molecular flexibility index (Phi) is 7.35. The van der Waals surface area contributed by atoms with E-state index < -0.39 is 18.1 Å². The third kappa shape index (κ3) is 5.58. The van der Waals surface area contributed by atoms with Gasteiger partial charge in [-0.1, -0.05) is 54.6 Å². The third-order valence-corrected chi connectivity index (χ3v) is 4.87. The molecule has 32 heavy (non-hydrogen) atoms. The molecule has 166 valence electrons. The number of nitrogens with zero attached hydrogens (tertiary/aromatic N) is 2. The number of rotatable bonds is 8. The number of alkyl carbamates (subject to hydrolysis) is 1. The SMILES string of the molecule is Cn1ncc(CO)c(-c2ccc(C[C@H](NC(=O)OCc3ccccc3)C(=O)O)cc2)c1=O. The number of aliphatic hydroxyl groups is 1. The number of carboxylic acids is 1. The molecule has 1 aromatic heterocycles. The molecule has 1 heterocycles. The van der Waals surface area contributed by atoms with E-state index in [2.05, 4.69) is 10.4 Å². The molecular formula is C23H23N3O6. The van der Waals surface area contributed by atoms with E-state index in [9.17, 15) is 24.6 Å². The third-order valence-electron chi connectivity index (χ3n) is 4.87. The van der Waals surface area contributed by atoms with Crippen LogP contribution in [0.4, 0.5) is 4.79 Å². The Balaban J connectivity index is 1.69. The summed E-state index contributed by atoms with van der Waals surface area (Å²) in [6.07, 6.45) is 0.624. The second kappa shape index (κ2) is 10.4. The molecule has 1 amide bonds. The van der Waals surface area contributed by atoms with Crippen LogP contribution in [0, 0.1) is 0 Å². The fraction of sp³-hybridized carbons (Fsp3) is 0.217. The quantitative estimate of drug-likeness (QED) is 0.490. The molecule has 2 aromatic carbocycles. The molecule has 0 spiro atoms. The zero-order valence-electron chi connectivity index (χ0n) is 17.4. The minimum absolute atomic E-state index is 0.0251. The first-order chi connectivity index (χ1) is 15.4. The first-order valence-electron chi connectivity index (χ1n) is 9.84. The number of aliphatic hydroxyl groups excluding tert-OH is 1. The van der Waals surface area contributed by atoms with Crippen molar-refractivity contribution in [2.75, 3.05) is 0 Å². The lowest BCUT2D eigenvalue weighted by Gasteiger charge is -2.15. The highest BCUT2D eigenvalue weighted by Crippen LogP contribution is 2.20. The summed E-state index contributed by atoms with van der Waals surface area (Å²) in [6, 6.07) is 14.5. The zero-order valence-corrected chi connectivity index (χ0v) is 17.4. The van der Waals surface area contributed by atoms with E-state index in [0.29, 0.717) is 22.3 Å². The Hall–Kier alpha value is -3.98. The molecule has 3 aromatic rings. The largest absolute Gasteiger partial charge is 0.480 e. The van der Waals surface area contributed by atoms with Gasteiger partial charge in [-0.05, 0) is 16.7 Å². The molecule has 9 heteroatoms. The summed E-state index contributed by atoms with van der Waals surface area (Å²) in [5.41, 5.74) is 2.37. The van der Waals surface area contributed by atoms with E-state index in [0.717, 1.165) is 5.56 Å². The smallest absolute Gasteiger partial charge is 0.408 e. The van der Waals surface area contributed by atoms with Gasteiger partial charge in [-0.15, -0.1) is 0 Å². The van der Waals surface area contributed by atoms with Crippen LogP contribution < -0.4 is 10.9 Å². The summed E-state index contributed by atoms with van der Waals surface area (Å²) in [6.45, 7) is -0.307. The fourth-order valence-electron chi connectivity index (χ4n) is 3.15. The van der Waals surface area contributed by atoms with Crippen LogP contribution >= 0.6 is 0 Å². The van der Waals surface area contributed by atoms with Crippen molar-refractivity contribution in [1.29, 1.82) is 0 Å². The number of carbonyl (C=O) groups is 2. The maximum Gasteiger partial charge on any atom is 0.408 e. The fourth-order valence-corrected chi connectivity index (χ4v) is 3.15. The lowest BCUT2D eigenvalue weighted by molar-refractivity contribution is -0.139. The minimum atomic E-state index is -1.20.